The van der Waals surface area contributed by atoms with Crippen LogP contribution in [-0.2, 0) is 16.6 Å². The molecule has 29 heavy (non-hydrogen) atoms. The van der Waals surface area contributed by atoms with Crippen LogP contribution in [0.2, 0.25) is 5.02 Å². The van der Waals surface area contributed by atoms with E-state index in [2.05, 4.69) is 9.88 Å². The summed E-state index contributed by atoms with van der Waals surface area (Å²) in [6.07, 6.45) is 1.67. The van der Waals surface area contributed by atoms with Crippen molar-refractivity contribution in [1.29, 1.82) is 0 Å². The Morgan fingerprint density at radius 1 is 1.07 bits per heavy atom. The predicted molar refractivity (Wildman–Crippen MR) is 107 cm³/mol. The third-order valence-corrected chi connectivity index (χ3v) is 6.95. The standard InChI is InChI=1S/C20H19ClFN3O3S/c21-16-6-4-15(5-7-16)19-13-23-20(28-19)14-24-8-10-25(11-9-24)29(26,27)18-3-1-2-17(22)12-18/h1-7,12-13H,8-11,14H2. The van der Waals surface area contributed by atoms with Crippen molar-refractivity contribution < 1.29 is 17.2 Å². The molecular formula is C20H19ClFN3O3S. The van der Waals surface area contributed by atoms with E-state index >= 15 is 0 Å². The minimum atomic E-state index is -3.70. The van der Waals surface area contributed by atoms with Gasteiger partial charge in [0.15, 0.2) is 5.76 Å². The molecular weight excluding hydrogens is 417 g/mol. The van der Waals surface area contributed by atoms with Crippen molar-refractivity contribution in [2.45, 2.75) is 11.4 Å². The second kappa shape index (κ2) is 8.23. The second-order valence-electron chi connectivity index (χ2n) is 6.76. The highest BCUT2D eigenvalue weighted by Crippen LogP contribution is 2.24. The largest absolute Gasteiger partial charge is 0.439 e. The number of halogens is 2. The minimum absolute atomic E-state index is 0.0220. The lowest BCUT2D eigenvalue weighted by Crippen LogP contribution is -2.48. The molecule has 0 radical (unpaired) electrons. The van der Waals surface area contributed by atoms with Crippen LogP contribution in [0.1, 0.15) is 5.89 Å². The van der Waals surface area contributed by atoms with Gasteiger partial charge < -0.3 is 4.42 Å². The maximum atomic E-state index is 13.4. The molecule has 0 aliphatic carbocycles. The Balaban J connectivity index is 1.37. The summed E-state index contributed by atoms with van der Waals surface area (Å²) in [6.45, 7) is 2.20. The SMILES string of the molecule is O=S(=O)(c1cccc(F)c1)N1CCN(Cc2ncc(-c3ccc(Cl)cc3)o2)CC1. The van der Waals surface area contributed by atoms with Crippen LogP contribution in [0, 0.1) is 5.82 Å². The molecule has 6 nitrogen and oxygen atoms in total. The number of hydrogen-bond acceptors (Lipinski definition) is 5. The smallest absolute Gasteiger partial charge is 0.243 e. The molecule has 0 saturated carbocycles. The molecule has 1 aliphatic heterocycles. The van der Waals surface area contributed by atoms with E-state index in [0.29, 0.717) is 49.4 Å². The van der Waals surface area contributed by atoms with Crippen molar-refractivity contribution >= 4 is 21.6 Å². The number of sulfonamides is 1. The van der Waals surface area contributed by atoms with Gasteiger partial charge in [0.2, 0.25) is 15.9 Å². The van der Waals surface area contributed by atoms with Gasteiger partial charge >= 0.3 is 0 Å². The van der Waals surface area contributed by atoms with Gasteiger partial charge in [-0.1, -0.05) is 17.7 Å². The van der Waals surface area contributed by atoms with Crippen LogP contribution in [0.25, 0.3) is 11.3 Å². The van der Waals surface area contributed by atoms with Crippen LogP contribution in [0.4, 0.5) is 4.39 Å². The summed E-state index contributed by atoms with van der Waals surface area (Å²) in [5.41, 5.74) is 0.888. The fourth-order valence-corrected chi connectivity index (χ4v) is 4.81. The summed E-state index contributed by atoms with van der Waals surface area (Å²) in [7, 11) is -3.70. The zero-order chi connectivity index (χ0) is 20.4. The molecule has 0 spiro atoms. The van der Waals surface area contributed by atoms with Crippen molar-refractivity contribution in [3.05, 3.63) is 71.5 Å². The average molecular weight is 436 g/mol. The number of benzene rings is 2. The fourth-order valence-electron chi connectivity index (χ4n) is 3.23. The number of oxazole rings is 1. The van der Waals surface area contributed by atoms with Gasteiger partial charge in [0.05, 0.1) is 17.6 Å². The monoisotopic (exact) mass is 435 g/mol. The minimum Gasteiger partial charge on any atom is -0.439 e. The lowest BCUT2D eigenvalue weighted by molar-refractivity contribution is 0.168. The van der Waals surface area contributed by atoms with Crippen LogP contribution in [0.3, 0.4) is 0 Å². The van der Waals surface area contributed by atoms with Crippen LogP contribution in [0.15, 0.2) is 64.0 Å². The van der Waals surface area contributed by atoms with Crippen LogP contribution < -0.4 is 0 Å². The molecule has 2 heterocycles. The Labute approximate surface area is 173 Å². The van der Waals surface area contributed by atoms with Crippen LogP contribution in [0.5, 0.6) is 0 Å². The Hall–Kier alpha value is -2.26. The third kappa shape index (κ3) is 4.51. The van der Waals surface area contributed by atoms with E-state index in [9.17, 15) is 12.8 Å². The molecule has 2 aromatic carbocycles. The molecule has 3 aromatic rings. The molecule has 152 valence electrons. The van der Waals surface area contributed by atoms with Crippen molar-refractivity contribution in [3.8, 4) is 11.3 Å². The molecule has 0 N–H and O–H groups in total. The van der Waals surface area contributed by atoms with Crippen molar-refractivity contribution in [2.24, 2.45) is 0 Å². The van der Waals surface area contributed by atoms with Crippen molar-refractivity contribution in [3.63, 3.8) is 0 Å². The summed E-state index contributed by atoms with van der Waals surface area (Å²) in [4.78, 5) is 6.38. The number of piperazine rings is 1. The highest BCUT2D eigenvalue weighted by Gasteiger charge is 2.29. The molecule has 1 aromatic heterocycles. The van der Waals surface area contributed by atoms with E-state index in [1.54, 1.807) is 18.3 Å². The molecule has 4 rings (SSSR count). The maximum absolute atomic E-state index is 13.4. The Kier molecular flexibility index (Phi) is 5.69. The highest BCUT2D eigenvalue weighted by molar-refractivity contribution is 7.89. The third-order valence-electron chi connectivity index (χ3n) is 4.81. The summed E-state index contributed by atoms with van der Waals surface area (Å²) >= 11 is 5.91. The summed E-state index contributed by atoms with van der Waals surface area (Å²) < 4.78 is 46.0. The number of hydrogen-bond donors (Lipinski definition) is 0. The normalized spacial score (nSPS) is 16.2. The van der Waals surface area contributed by atoms with E-state index in [1.165, 1.54) is 22.5 Å². The highest BCUT2D eigenvalue weighted by atomic mass is 35.5. The topological polar surface area (TPSA) is 66.7 Å². The van der Waals surface area contributed by atoms with Gasteiger partial charge in [-0.15, -0.1) is 0 Å². The van der Waals surface area contributed by atoms with E-state index in [1.807, 2.05) is 12.1 Å². The van der Waals surface area contributed by atoms with E-state index in [4.69, 9.17) is 16.0 Å². The van der Waals surface area contributed by atoms with Crippen LogP contribution in [-0.4, -0.2) is 48.8 Å². The molecule has 1 aliphatic rings. The lowest BCUT2D eigenvalue weighted by Gasteiger charge is -2.33. The Morgan fingerprint density at radius 2 is 1.79 bits per heavy atom. The Bertz CT molecular complexity index is 1090. The number of rotatable bonds is 5. The van der Waals surface area contributed by atoms with Gasteiger partial charge in [0, 0.05) is 36.8 Å². The van der Waals surface area contributed by atoms with Crippen molar-refractivity contribution in [1.82, 2.24) is 14.2 Å². The molecule has 0 unspecified atom stereocenters. The first kappa shape index (κ1) is 20.0. The van der Waals surface area contributed by atoms with E-state index < -0.39 is 15.8 Å². The van der Waals surface area contributed by atoms with Gasteiger partial charge in [-0.3, -0.25) is 4.90 Å². The molecule has 1 saturated heterocycles. The number of nitrogens with zero attached hydrogens (tertiary/aromatic N) is 3. The van der Waals surface area contributed by atoms with Crippen molar-refractivity contribution in [2.75, 3.05) is 26.2 Å². The zero-order valence-corrected chi connectivity index (χ0v) is 17.0. The quantitative estimate of drug-likeness (QED) is 0.612. The van der Waals surface area contributed by atoms with Gasteiger partial charge in [-0.25, -0.2) is 17.8 Å². The first-order valence-electron chi connectivity index (χ1n) is 9.10. The first-order chi connectivity index (χ1) is 13.9. The lowest BCUT2D eigenvalue weighted by atomic mass is 10.2. The van der Waals surface area contributed by atoms with Gasteiger partial charge in [-0.2, -0.15) is 4.31 Å². The number of aromatic nitrogens is 1. The summed E-state index contributed by atoms with van der Waals surface area (Å²) in [5.74, 6) is 0.658. The van der Waals surface area contributed by atoms with Gasteiger partial charge in [0.1, 0.15) is 5.82 Å². The predicted octanol–water partition coefficient (Wildman–Crippen LogP) is 3.64. The van der Waals surface area contributed by atoms with E-state index in [-0.39, 0.29) is 4.90 Å². The molecule has 9 heteroatoms. The molecule has 0 bridgehead atoms. The first-order valence-corrected chi connectivity index (χ1v) is 10.9. The second-order valence-corrected chi connectivity index (χ2v) is 9.14. The molecule has 1 fully saturated rings. The van der Waals surface area contributed by atoms with Crippen LogP contribution >= 0.6 is 11.6 Å². The van der Waals surface area contributed by atoms with E-state index in [0.717, 1.165) is 11.6 Å². The summed E-state index contributed by atoms with van der Waals surface area (Å²) in [6, 6.07) is 12.4. The average Bonchev–Trinajstić information content (AvgIpc) is 3.17. The van der Waals surface area contributed by atoms with Gasteiger partial charge in [0.25, 0.3) is 0 Å². The zero-order valence-electron chi connectivity index (χ0n) is 15.5. The molecule has 0 atom stereocenters. The fraction of sp³-hybridized carbons (Fsp3) is 0.250. The summed E-state index contributed by atoms with van der Waals surface area (Å²) in [5, 5.41) is 0.652. The maximum Gasteiger partial charge on any atom is 0.243 e. The Morgan fingerprint density at radius 3 is 2.48 bits per heavy atom. The van der Waals surface area contributed by atoms with Gasteiger partial charge in [-0.05, 0) is 42.5 Å². The molecule has 0 amide bonds.